The van der Waals surface area contributed by atoms with E-state index in [0.717, 1.165) is 37.4 Å². The Hall–Kier alpha value is -1.27. The summed E-state index contributed by atoms with van der Waals surface area (Å²) in [5, 5.41) is 7.73. The maximum absolute atomic E-state index is 4.60. The first kappa shape index (κ1) is 16.6. The minimum absolute atomic E-state index is 0.0876. The van der Waals surface area contributed by atoms with E-state index in [9.17, 15) is 0 Å². The second-order valence-electron chi connectivity index (χ2n) is 7.31. The van der Waals surface area contributed by atoms with Gasteiger partial charge in [0.05, 0.1) is 23.8 Å². The van der Waals surface area contributed by atoms with Crippen LogP contribution in [0.2, 0.25) is 0 Å². The lowest BCUT2D eigenvalue weighted by Crippen LogP contribution is -2.35. The molecule has 0 saturated carbocycles. The summed E-state index contributed by atoms with van der Waals surface area (Å²) in [6.07, 6.45) is 6.20. The van der Waals surface area contributed by atoms with Crippen LogP contribution in [0, 0.1) is 0 Å². The summed E-state index contributed by atoms with van der Waals surface area (Å²) >= 11 is 1.90. The van der Waals surface area contributed by atoms with E-state index in [1.165, 1.54) is 17.1 Å². The molecule has 3 rings (SSSR count). The van der Waals surface area contributed by atoms with Gasteiger partial charge in [-0.25, -0.2) is 4.98 Å². The Morgan fingerprint density at radius 2 is 2.22 bits per heavy atom. The molecule has 1 aliphatic heterocycles. The number of nitrogens with one attached hydrogen (secondary N) is 2. The minimum Gasteiger partial charge on any atom is -0.348 e. The smallest absolute Gasteiger partial charge is 0.0925 e. The van der Waals surface area contributed by atoms with E-state index < -0.39 is 0 Å². The first-order chi connectivity index (χ1) is 11.0. The third kappa shape index (κ3) is 3.63. The Balaban J connectivity index is 1.77. The van der Waals surface area contributed by atoms with Crippen LogP contribution < -0.4 is 0 Å². The van der Waals surface area contributed by atoms with Crippen molar-refractivity contribution in [2.24, 2.45) is 0 Å². The molecule has 126 valence electrons. The lowest BCUT2D eigenvalue weighted by molar-refractivity contribution is 0.166. The van der Waals surface area contributed by atoms with Gasteiger partial charge in [0.2, 0.25) is 0 Å². The Labute approximate surface area is 142 Å². The Bertz CT molecular complexity index is 639. The summed E-state index contributed by atoms with van der Waals surface area (Å²) in [5.74, 6) is 1.16. The second kappa shape index (κ2) is 6.69. The molecule has 6 heteroatoms. The highest BCUT2D eigenvalue weighted by Crippen LogP contribution is 2.32. The first-order valence-electron chi connectivity index (χ1n) is 8.29. The van der Waals surface area contributed by atoms with Crippen LogP contribution >= 0.6 is 11.8 Å². The molecule has 1 atom stereocenters. The monoisotopic (exact) mass is 333 g/mol. The highest BCUT2D eigenvalue weighted by molar-refractivity contribution is 7.98. The van der Waals surface area contributed by atoms with Crippen LogP contribution in [-0.4, -0.2) is 43.6 Å². The second-order valence-corrected chi connectivity index (χ2v) is 8.30. The third-order valence-corrected chi connectivity index (χ3v) is 5.17. The molecule has 23 heavy (non-hydrogen) atoms. The fraction of sp³-hybridized carbons (Fsp3) is 0.647. The van der Waals surface area contributed by atoms with Gasteiger partial charge in [-0.15, -0.1) is 0 Å². The van der Waals surface area contributed by atoms with Crippen LogP contribution in [-0.2, 0) is 18.4 Å². The Morgan fingerprint density at radius 1 is 1.39 bits per heavy atom. The van der Waals surface area contributed by atoms with Gasteiger partial charge in [0.15, 0.2) is 0 Å². The summed E-state index contributed by atoms with van der Waals surface area (Å²) in [7, 11) is 0. The summed E-state index contributed by atoms with van der Waals surface area (Å²) in [6.45, 7) is 8.58. The minimum atomic E-state index is 0.0876. The van der Waals surface area contributed by atoms with Gasteiger partial charge >= 0.3 is 0 Å². The molecule has 0 radical (unpaired) electrons. The summed E-state index contributed by atoms with van der Waals surface area (Å²) in [6, 6.07) is 2.62. The van der Waals surface area contributed by atoms with E-state index in [1.807, 2.05) is 18.1 Å². The van der Waals surface area contributed by atoms with Crippen molar-refractivity contribution in [1.29, 1.82) is 0 Å². The van der Waals surface area contributed by atoms with Gasteiger partial charge in [-0.2, -0.15) is 16.9 Å². The predicted octanol–water partition coefficient (Wildman–Crippen LogP) is 3.28. The van der Waals surface area contributed by atoms with Crippen molar-refractivity contribution < 1.29 is 0 Å². The standard InChI is InChI=1S/C17H27N5S/c1-17(2,3)15-9-12(20-21-15)10-22-7-5-13-16(19-11-18-13)14(22)6-8-23-4/h9,11,14H,5-8,10H2,1-4H3,(H,18,19)(H,20,21)/t14-/m1/s1. The normalized spacial score (nSPS) is 19.0. The maximum Gasteiger partial charge on any atom is 0.0925 e. The molecular formula is C17H27N5S. The van der Waals surface area contributed by atoms with E-state index in [1.54, 1.807) is 0 Å². The van der Waals surface area contributed by atoms with Crippen LogP contribution in [0.5, 0.6) is 0 Å². The molecule has 0 saturated heterocycles. The lowest BCUT2D eigenvalue weighted by atomic mass is 9.92. The van der Waals surface area contributed by atoms with Crippen molar-refractivity contribution in [2.45, 2.75) is 51.6 Å². The zero-order valence-corrected chi connectivity index (χ0v) is 15.3. The summed E-state index contributed by atoms with van der Waals surface area (Å²) < 4.78 is 0. The van der Waals surface area contributed by atoms with Gasteiger partial charge in [-0.1, -0.05) is 20.8 Å². The third-order valence-electron chi connectivity index (χ3n) is 4.53. The van der Waals surface area contributed by atoms with E-state index >= 15 is 0 Å². The molecule has 2 aromatic heterocycles. The van der Waals surface area contributed by atoms with E-state index in [0.29, 0.717) is 6.04 Å². The number of aromatic nitrogens is 4. The fourth-order valence-corrected chi connectivity index (χ4v) is 3.65. The van der Waals surface area contributed by atoms with Gasteiger partial charge in [-0.05, 0) is 24.5 Å². The number of hydrogen-bond acceptors (Lipinski definition) is 4. The van der Waals surface area contributed by atoms with Gasteiger partial charge in [0.25, 0.3) is 0 Å². The first-order valence-corrected chi connectivity index (χ1v) is 9.68. The zero-order valence-electron chi connectivity index (χ0n) is 14.5. The van der Waals surface area contributed by atoms with Crippen molar-refractivity contribution in [3.05, 3.63) is 35.2 Å². The molecular weight excluding hydrogens is 306 g/mol. The number of imidazole rings is 1. The average Bonchev–Trinajstić information content (AvgIpc) is 3.14. The van der Waals surface area contributed by atoms with Gasteiger partial charge in [0, 0.05) is 36.3 Å². The average molecular weight is 334 g/mol. The molecule has 0 amide bonds. The van der Waals surface area contributed by atoms with Crippen LogP contribution in [0.4, 0.5) is 0 Å². The van der Waals surface area contributed by atoms with Crippen molar-refractivity contribution in [3.63, 3.8) is 0 Å². The quantitative estimate of drug-likeness (QED) is 0.881. The lowest BCUT2D eigenvalue weighted by Gasteiger charge is -2.34. The number of hydrogen-bond donors (Lipinski definition) is 2. The molecule has 0 fully saturated rings. The van der Waals surface area contributed by atoms with Gasteiger partial charge in [0.1, 0.15) is 0 Å². The van der Waals surface area contributed by atoms with Crippen molar-refractivity contribution >= 4 is 11.8 Å². The molecule has 0 unspecified atom stereocenters. The molecule has 0 aliphatic carbocycles. The highest BCUT2D eigenvalue weighted by Gasteiger charge is 2.29. The van der Waals surface area contributed by atoms with Crippen LogP contribution in [0.25, 0.3) is 0 Å². The molecule has 2 N–H and O–H groups in total. The van der Waals surface area contributed by atoms with Gasteiger partial charge < -0.3 is 4.98 Å². The largest absolute Gasteiger partial charge is 0.348 e. The van der Waals surface area contributed by atoms with Crippen molar-refractivity contribution in [2.75, 3.05) is 18.6 Å². The van der Waals surface area contributed by atoms with Gasteiger partial charge in [-0.3, -0.25) is 10.00 Å². The van der Waals surface area contributed by atoms with Crippen LogP contribution in [0.3, 0.4) is 0 Å². The fourth-order valence-electron chi connectivity index (χ4n) is 3.19. The number of rotatable bonds is 5. The number of thioether (sulfide) groups is 1. The van der Waals surface area contributed by atoms with Crippen LogP contribution in [0.1, 0.15) is 56.0 Å². The molecule has 0 spiro atoms. The zero-order chi connectivity index (χ0) is 16.4. The van der Waals surface area contributed by atoms with E-state index in [-0.39, 0.29) is 5.41 Å². The van der Waals surface area contributed by atoms with E-state index in [4.69, 9.17) is 0 Å². The number of H-pyrrole nitrogens is 2. The molecule has 5 nitrogen and oxygen atoms in total. The maximum atomic E-state index is 4.60. The summed E-state index contributed by atoms with van der Waals surface area (Å²) in [5.41, 5.74) is 4.96. The molecule has 2 aromatic rings. The molecule has 0 aromatic carbocycles. The van der Waals surface area contributed by atoms with Crippen molar-refractivity contribution in [3.8, 4) is 0 Å². The van der Waals surface area contributed by atoms with E-state index in [2.05, 4.69) is 58.2 Å². The molecule has 1 aliphatic rings. The predicted molar refractivity (Wildman–Crippen MR) is 95.7 cm³/mol. The molecule has 0 bridgehead atoms. The number of nitrogens with zero attached hydrogens (tertiary/aromatic N) is 3. The Morgan fingerprint density at radius 3 is 2.91 bits per heavy atom. The molecule has 3 heterocycles. The number of aromatic amines is 2. The van der Waals surface area contributed by atoms with Crippen LogP contribution in [0.15, 0.2) is 12.4 Å². The van der Waals surface area contributed by atoms with Crippen molar-refractivity contribution in [1.82, 2.24) is 25.1 Å². The summed E-state index contributed by atoms with van der Waals surface area (Å²) in [4.78, 5) is 10.4. The highest BCUT2D eigenvalue weighted by atomic mass is 32.2. The number of fused-ring (bicyclic) bond motifs is 1. The topological polar surface area (TPSA) is 60.6 Å². The Kier molecular flexibility index (Phi) is 4.82. The SMILES string of the molecule is CSCC[C@@H]1c2nc[nH]c2CCN1Cc1cc(C(C)(C)C)n[nH]1.